The summed E-state index contributed by atoms with van der Waals surface area (Å²) in [5.41, 5.74) is 4.52. The van der Waals surface area contributed by atoms with Gasteiger partial charge in [-0.15, -0.1) is 5.10 Å². The average Bonchev–Trinajstić information content (AvgIpc) is 3.59. The van der Waals surface area contributed by atoms with Gasteiger partial charge in [0.05, 0.1) is 6.04 Å². The molecule has 0 spiro atoms. The second kappa shape index (κ2) is 9.70. The fourth-order valence-electron chi connectivity index (χ4n) is 6.44. The van der Waals surface area contributed by atoms with Crippen molar-refractivity contribution in [1.29, 1.82) is 0 Å². The van der Waals surface area contributed by atoms with Crippen molar-refractivity contribution in [2.45, 2.75) is 76.3 Å². The van der Waals surface area contributed by atoms with Crippen LogP contribution in [-0.2, 0) is 23.2 Å². The molecule has 2 aromatic carbocycles. The maximum absolute atomic E-state index is 13.9. The topological polar surface area (TPSA) is 119 Å². The van der Waals surface area contributed by atoms with Crippen molar-refractivity contribution in [3.63, 3.8) is 0 Å². The van der Waals surface area contributed by atoms with E-state index in [0.29, 0.717) is 25.1 Å². The van der Waals surface area contributed by atoms with Crippen LogP contribution in [0.15, 0.2) is 53.3 Å². The van der Waals surface area contributed by atoms with Gasteiger partial charge in [-0.05, 0) is 65.6 Å². The predicted octanol–water partition coefficient (Wildman–Crippen LogP) is 4.73. The van der Waals surface area contributed by atoms with Crippen LogP contribution in [0, 0.1) is 0 Å². The van der Waals surface area contributed by atoms with Crippen LogP contribution in [0.2, 0.25) is 0 Å². The van der Waals surface area contributed by atoms with Crippen LogP contribution in [-0.4, -0.2) is 41.1 Å². The highest BCUT2D eigenvalue weighted by atomic mass is 16.4. The number of unbranched alkanes of at least 4 members (excludes halogenated alkanes) is 2. The van der Waals surface area contributed by atoms with Crippen LogP contribution in [0.1, 0.15) is 74.7 Å². The molecule has 0 atom stereocenters. The lowest BCUT2D eigenvalue weighted by Crippen LogP contribution is -2.56. The summed E-state index contributed by atoms with van der Waals surface area (Å²) in [6.07, 6.45) is 7.15. The van der Waals surface area contributed by atoms with E-state index in [9.17, 15) is 14.7 Å². The first-order valence-electron chi connectivity index (χ1n) is 13.5. The second-order valence-corrected chi connectivity index (χ2v) is 10.6. The van der Waals surface area contributed by atoms with E-state index >= 15 is 0 Å². The number of nitrogens with zero attached hydrogens (tertiary/aromatic N) is 5. The van der Waals surface area contributed by atoms with E-state index in [1.165, 1.54) is 0 Å². The lowest BCUT2D eigenvalue weighted by molar-refractivity contribution is -0.155. The molecular weight excluding hydrogens is 480 g/mol. The van der Waals surface area contributed by atoms with E-state index < -0.39 is 11.5 Å². The molecule has 4 aromatic rings. The highest BCUT2D eigenvalue weighted by Gasteiger charge is 2.52. The van der Waals surface area contributed by atoms with Gasteiger partial charge in [-0.1, -0.05) is 68.3 Å². The van der Waals surface area contributed by atoms with Gasteiger partial charge in [0.1, 0.15) is 0 Å². The molecule has 4 heterocycles. The molecule has 1 aliphatic carbocycles. The summed E-state index contributed by atoms with van der Waals surface area (Å²) in [7, 11) is 0. The Hall–Kier alpha value is -4.01. The summed E-state index contributed by atoms with van der Waals surface area (Å²) < 4.78 is 3.71. The number of carboxylic acid groups (broad SMARTS) is 1. The minimum atomic E-state index is -1.12. The van der Waals surface area contributed by atoms with E-state index in [0.717, 1.165) is 72.0 Å². The van der Waals surface area contributed by atoms with Crippen LogP contribution in [0.3, 0.4) is 0 Å². The minimum absolute atomic E-state index is 0.129. The van der Waals surface area contributed by atoms with E-state index in [1.807, 2.05) is 24.3 Å². The van der Waals surface area contributed by atoms with Crippen molar-refractivity contribution in [3.8, 4) is 22.5 Å². The number of aromatic amines is 1. The summed E-state index contributed by atoms with van der Waals surface area (Å²) in [6, 6.07) is 16.4. The Balaban J connectivity index is 1.37. The minimum Gasteiger partial charge on any atom is -0.479 e. The smallest absolute Gasteiger partial charge is 0.331 e. The van der Waals surface area contributed by atoms with Gasteiger partial charge in [-0.3, -0.25) is 9.48 Å². The SMILES string of the molecule is CCCCCc1c(Cc2ccc(-c3ccccc3-c3nnn[nH]3)cc2)c(=O)n2n1C1CCC2(C(=O)O)CC1. The quantitative estimate of drug-likeness (QED) is 0.313. The molecule has 2 bridgehead atoms. The van der Waals surface area contributed by atoms with E-state index in [-0.39, 0.29) is 11.6 Å². The van der Waals surface area contributed by atoms with E-state index in [4.69, 9.17) is 0 Å². The van der Waals surface area contributed by atoms with Gasteiger partial charge in [0.25, 0.3) is 5.56 Å². The summed E-state index contributed by atoms with van der Waals surface area (Å²) in [5, 5.41) is 24.5. The largest absolute Gasteiger partial charge is 0.479 e. The lowest BCUT2D eigenvalue weighted by Gasteiger charge is -2.46. The first-order valence-corrected chi connectivity index (χ1v) is 13.5. The maximum Gasteiger partial charge on any atom is 0.331 e. The third-order valence-corrected chi connectivity index (χ3v) is 8.41. The molecule has 1 saturated carbocycles. The van der Waals surface area contributed by atoms with Crippen molar-refractivity contribution < 1.29 is 9.90 Å². The van der Waals surface area contributed by atoms with Gasteiger partial charge < -0.3 is 5.11 Å². The van der Waals surface area contributed by atoms with Gasteiger partial charge in [-0.25, -0.2) is 14.6 Å². The van der Waals surface area contributed by atoms with Crippen LogP contribution in [0.5, 0.6) is 0 Å². The zero-order valence-electron chi connectivity index (χ0n) is 21.6. The molecule has 0 amide bonds. The van der Waals surface area contributed by atoms with E-state index in [2.05, 4.69) is 56.5 Å². The van der Waals surface area contributed by atoms with Crippen LogP contribution in [0.25, 0.3) is 22.5 Å². The third-order valence-electron chi connectivity index (χ3n) is 8.41. The number of hydrogen-bond donors (Lipinski definition) is 2. The molecule has 2 aliphatic heterocycles. The number of fused-ring (bicyclic) bond motifs is 2. The molecule has 0 saturated heterocycles. The zero-order chi connectivity index (χ0) is 26.3. The average molecular weight is 513 g/mol. The Morgan fingerprint density at radius 1 is 1.08 bits per heavy atom. The number of hydrogen-bond acceptors (Lipinski definition) is 5. The molecule has 196 valence electrons. The van der Waals surface area contributed by atoms with Crippen molar-refractivity contribution in [1.82, 2.24) is 30.0 Å². The van der Waals surface area contributed by atoms with Crippen LogP contribution >= 0.6 is 0 Å². The van der Waals surface area contributed by atoms with Gasteiger partial charge in [0.2, 0.25) is 0 Å². The van der Waals surface area contributed by atoms with Crippen LogP contribution < -0.4 is 5.56 Å². The Kier molecular flexibility index (Phi) is 6.21. The predicted molar refractivity (Wildman–Crippen MR) is 143 cm³/mol. The molecule has 9 nitrogen and oxygen atoms in total. The van der Waals surface area contributed by atoms with Gasteiger partial charge in [0.15, 0.2) is 11.4 Å². The van der Waals surface area contributed by atoms with Crippen LogP contribution in [0.4, 0.5) is 0 Å². The fourth-order valence-corrected chi connectivity index (χ4v) is 6.44. The maximum atomic E-state index is 13.9. The molecule has 7 rings (SSSR count). The molecular formula is C29H32N6O3. The number of H-pyrrole nitrogens is 1. The van der Waals surface area contributed by atoms with Crippen molar-refractivity contribution in [2.24, 2.45) is 0 Å². The number of benzene rings is 2. The Bertz CT molecular complexity index is 1510. The number of tetrazole rings is 1. The summed E-state index contributed by atoms with van der Waals surface area (Å²) in [4.78, 5) is 26.4. The number of rotatable bonds is 9. The Labute approximate surface area is 220 Å². The summed E-state index contributed by atoms with van der Waals surface area (Å²) in [6.45, 7) is 2.17. The second-order valence-electron chi connectivity index (χ2n) is 10.6. The number of nitrogens with one attached hydrogen (secondary N) is 1. The standard InChI is InChI=1S/C29H32N6O3/c1-2-3-4-9-25-24(27(36)35-29(28(37)38)16-14-21(15-17-29)34(25)35)18-19-10-12-20(13-11-19)22-7-5-6-8-23(22)26-30-32-33-31-26/h5-8,10-13,21H,2-4,9,14-18H2,1H3,(H,37,38)(H,30,31,32,33). The first kappa shape index (κ1) is 24.3. The summed E-state index contributed by atoms with van der Waals surface area (Å²) in [5.74, 6) is -0.274. The monoisotopic (exact) mass is 512 g/mol. The highest BCUT2D eigenvalue weighted by Crippen LogP contribution is 2.46. The molecule has 2 N–H and O–H groups in total. The first-order chi connectivity index (χ1) is 18.5. The Morgan fingerprint density at radius 3 is 2.47 bits per heavy atom. The fraction of sp³-hybridized carbons (Fsp3) is 0.414. The molecule has 1 fully saturated rings. The van der Waals surface area contributed by atoms with Crippen molar-refractivity contribution in [3.05, 3.63) is 75.7 Å². The molecule has 2 aromatic heterocycles. The number of aromatic nitrogens is 6. The summed E-state index contributed by atoms with van der Waals surface area (Å²) >= 11 is 0. The van der Waals surface area contributed by atoms with Crippen molar-refractivity contribution >= 4 is 5.97 Å². The molecule has 0 radical (unpaired) electrons. The lowest BCUT2D eigenvalue weighted by atomic mass is 9.77. The molecule has 38 heavy (non-hydrogen) atoms. The van der Waals surface area contributed by atoms with E-state index in [1.54, 1.807) is 4.68 Å². The number of aliphatic carboxylic acids is 1. The van der Waals surface area contributed by atoms with Gasteiger partial charge in [-0.2, -0.15) is 0 Å². The molecule has 9 heteroatoms. The number of carbonyl (C=O) groups is 1. The zero-order valence-corrected chi connectivity index (χ0v) is 21.6. The normalized spacial score (nSPS) is 20.0. The highest BCUT2D eigenvalue weighted by molar-refractivity contribution is 5.80. The molecule has 0 unspecified atom stereocenters. The molecule has 3 aliphatic rings. The number of carboxylic acids is 1. The van der Waals surface area contributed by atoms with Gasteiger partial charge in [0, 0.05) is 23.2 Å². The van der Waals surface area contributed by atoms with Gasteiger partial charge >= 0.3 is 5.97 Å². The Morgan fingerprint density at radius 2 is 1.82 bits per heavy atom. The third kappa shape index (κ3) is 3.88. The van der Waals surface area contributed by atoms with Crippen molar-refractivity contribution in [2.75, 3.05) is 0 Å².